The molecule has 0 radical (unpaired) electrons. The number of halogens is 1. The van der Waals surface area contributed by atoms with Gasteiger partial charge in [-0.3, -0.25) is 0 Å². The predicted molar refractivity (Wildman–Crippen MR) is 72.6 cm³/mol. The van der Waals surface area contributed by atoms with Crippen LogP contribution in [-0.4, -0.2) is 11.2 Å². The normalized spacial score (nSPS) is 12.8. The Labute approximate surface area is 106 Å². The molecule has 0 aromatic heterocycles. The molecular formula is C16H15FO. The molecule has 0 amide bonds. The van der Waals surface area contributed by atoms with Gasteiger partial charge in [0.05, 0.1) is 6.10 Å². The Bertz CT molecular complexity index is 541. The van der Waals surface area contributed by atoms with Crippen LogP contribution in [0, 0.1) is 5.82 Å². The maximum Gasteiger partial charge on any atom is 0.123 e. The minimum absolute atomic E-state index is 0.232. The van der Waals surface area contributed by atoms with E-state index in [0.29, 0.717) is 0 Å². The van der Waals surface area contributed by atoms with Gasteiger partial charge >= 0.3 is 0 Å². The van der Waals surface area contributed by atoms with Crippen LogP contribution in [0.5, 0.6) is 0 Å². The van der Waals surface area contributed by atoms with Crippen molar-refractivity contribution >= 4 is 6.08 Å². The summed E-state index contributed by atoms with van der Waals surface area (Å²) in [6, 6.07) is 14.3. The second-order valence-corrected chi connectivity index (χ2v) is 4.23. The fourth-order valence-electron chi connectivity index (χ4n) is 1.71. The van der Waals surface area contributed by atoms with E-state index >= 15 is 0 Å². The minimum Gasteiger partial charge on any atom is -0.389 e. The summed E-state index contributed by atoms with van der Waals surface area (Å²) in [5.41, 5.74) is 3.02. The maximum absolute atomic E-state index is 12.9. The van der Waals surface area contributed by atoms with Crippen LogP contribution in [0.1, 0.15) is 12.5 Å². The molecule has 92 valence electrons. The van der Waals surface area contributed by atoms with E-state index in [1.54, 1.807) is 25.1 Å². The molecule has 0 aliphatic heterocycles. The van der Waals surface area contributed by atoms with Crippen molar-refractivity contribution in [3.8, 4) is 11.1 Å². The molecule has 0 fully saturated rings. The third-order valence-corrected chi connectivity index (χ3v) is 2.63. The van der Waals surface area contributed by atoms with Gasteiger partial charge in [0.25, 0.3) is 0 Å². The molecule has 0 heterocycles. The van der Waals surface area contributed by atoms with Crippen LogP contribution in [0.3, 0.4) is 0 Å². The third-order valence-electron chi connectivity index (χ3n) is 2.63. The largest absolute Gasteiger partial charge is 0.389 e. The van der Waals surface area contributed by atoms with Gasteiger partial charge in [-0.1, -0.05) is 42.5 Å². The van der Waals surface area contributed by atoms with Crippen molar-refractivity contribution in [3.05, 3.63) is 66.0 Å². The summed E-state index contributed by atoms with van der Waals surface area (Å²) in [7, 11) is 0. The van der Waals surface area contributed by atoms with Crippen LogP contribution >= 0.6 is 0 Å². The summed E-state index contributed by atoms with van der Waals surface area (Å²) in [5, 5.41) is 9.20. The first-order chi connectivity index (χ1) is 8.65. The van der Waals surface area contributed by atoms with E-state index in [2.05, 4.69) is 0 Å². The number of hydrogen-bond donors (Lipinski definition) is 1. The molecule has 1 atom stereocenters. The van der Waals surface area contributed by atoms with Gasteiger partial charge < -0.3 is 5.11 Å². The van der Waals surface area contributed by atoms with Crippen LogP contribution in [0.4, 0.5) is 4.39 Å². The number of aliphatic hydroxyl groups is 1. The minimum atomic E-state index is -0.459. The summed E-state index contributed by atoms with van der Waals surface area (Å²) >= 11 is 0. The van der Waals surface area contributed by atoms with Crippen molar-refractivity contribution in [3.63, 3.8) is 0 Å². The van der Waals surface area contributed by atoms with Crippen LogP contribution in [0.2, 0.25) is 0 Å². The van der Waals surface area contributed by atoms with E-state index in [9.17, 15) is 9.50 Å². The molecule has 0 bridgehead atoms. The summed E-state index contributed by atoms with van der Waals surface area (Å²) in [4.78, 5) is 0. The average Bonchev–Trinajstić information content (AvgIpc) is 2.37. The van der Waals surface area contributed by atoms with Crippen LogP contribution in [-0.2, 0) is 0 Å². The Morgan fingerprint density at radius 1 is 1.06 bits per heavy atom. The highest BCUT2D eigenvalue weighted by molar-refractivity contribution is 5.67. The zero-order valence-electron chi connectivity index (χ0n) is 10.2. The van der Waals surface area contributed by atoms with Gasteiger partial charge in [-0.2, -0.15) is 0 Å². The van der Waals surface area contributed by atoms with Crippen molar-refractivity contribution in [2.24, 2.45) is 0 Å². The second kappa shape index (κ2) is 5.61. The van der Waals surface area contributed by atoms with Crippen LogP contribution in [0.15, 0.2) is 54.6 Å². The Balaban J connectivity index is 2.29. The number of benzene rings is 2. The highest BCUT2D eigenvalue weighted by atomic mass is 19.1. The zero-order chi connectivity index (χ0) is 13.0. The smallest absolute Gasteiger partial charge is 0.123 e. The van der Waals surface area contributed by atoms with E-state index in [0.717, 1.165) is 16.7 Å². The zero-order valence-corrected chi connectivity index (χ0v) is 10.2. The predicted octanol–water partition coefficient (Wildman–Crippen LogP) is 3.89. The number of hydrogen-bond acceptors (Lipinski definition) is 1. The molecule has 2 aromatic rings. The van der Waals surface area contributed by atoms with E-state index in [1.807, 2.05) is 30.3 Å². The van der Waals surface area contributed by atoms with Gasteiger partial charge in [0.15, 0.2) is 0 Å². The molecule has 0 aliphatic rings. The fraction of sp³-hybridized carbons (Fsp3) is 0.125. The molecule has 2 heteroatoms. The van der Waals surface area contributed by atoms with Gasteiger partial charge in [0.2, 0.25) is 0 Å². The molecule has 0 aliphatic carbocycles. The lowest BCUT2D eigenvalue weighted by Crippen LogP contribution is -1.91. The average molecular weight is 242 g/mol. The maximum atomic E-state index is 12.9. The molecule has 0 unspecified atom stereocenters. The molecule has 0 spiro atoms. The first-order valence-electron chi connectivity index (χ1n) is 5.87. The Kier molecular flexibility index (Phi) is 3.90. The highest BCUT2D eigenvalue weighted by Gasteiger charge is 1.98. The van der Waals surface area contributed by atoms with Crippen LogP contribution < -0.4 is 0 Å². The molecule has 2 aromatic carbocycles. The van der Waals surface area contributed by atoms with Crippen molar-refractivity contribution in [1.82, 2.24) is 0 Å². The van der Waals surface area contributed by atoms with Gasteiger partial charge in [-0.05, 0) is 41.8 Å². The molecular weight excluding hydrogens is 227 g/mol. The summed E-state index contributed by atoms with van der Waals surface area (Å²) < 4.78 is 12.9. The lowest BCUT2D eigenvalue weighted by atomic mass is 10.0. The topological polar surface area (TPSA) is 20.2 Å². The van der Waals surface area contributed by atoms with E-state index < -0.39 is 6.10 Å². The highest BCUT2D eigenvalue weighted by Crippen LogP contribution is 2.21. The molecule has 0 saturated carbocycles. The van der Waals surface area contributed by atoms with Crippen molar-refractivity contribution in [2.75, 3.05) is 0 Å². The standard InChI is InChI=1S/C16H15FO/c1-12(18)5-6-13-3-2-4-15(11-13)14-7-9-16(17)10-8-14/h2-12,18H,1H3/b6-5+/t12-/m1/s1. The van der Waals surface area contributed by atoms with E-state index in [-0.39, 0.29) is 5.82 Å². The van der Waals surface area contributed by atoms with Crippen molar-refractivity contribution in [2.45, 2.75) is 13.0 Å². The monoisotopic (exact) mass is 242 g/mol. The number of aliphatic hydroxyl groups excluding tert-OH is 1. The molecule has 0 saturated heterocycles. The molecule has 1 N–H and O–H groups in total. The van der Waals surface area contributed by atoms with Gasteiger partial charge in [-0.15, -0.1) is 0 Å². The summed E-state index contributed by atoms with van der Waals surface area (Å²) in [6.07, 6.45) is 3.14. The Hall–Kier alpha value is -1.93. The van der Waals surface area contributed by atoms with Crippen molar-refractivity contribution < 1.29 is 9.50 Å². The molecule has 1 nitrogen and oxygen atoms in total. The van der Waals surface area contributed by atoms with Crippen LogP contribution in [0.25, 0.3) is 17.2 Å². The molecule has 18 heavy (non-hydrogen) atoms. The van der Waals surface area contributed by atoms with Gasteiger partial charge in [-0.25, -0.2) is 4.39 Å². The fourth-order valence-corrected chi connectivity index (χ4v) is 1.71. The quantitative estimate of drug-likeness (QED) is 0.865. The molecule has 2 rings (SSSR count). The summed E-state index contributed by atoms with van der Waals surface area (Å²) in [5.74, 6) is -0.232. The van der Waals surface area contributed by atoms with Gasteiger partial charge in [0, 0.05) is 0 Å². The van der Waals surface area contributed by atoms with E-state index in [4.69, 9.17) is 0 Å². The number of rotatable bonds is 3. The lowest BCUT2D eigenvalue weighted by Gasteiger charge is -2.03. The summed E-state index contributed by atoms with van der Waals surface area (Å²) in [6.45, 7) is 1.71. The van der Waals surface area contributed by atoms with Crippen molar-refractivity contribution in [1.29, 1.82) is 0 Å². The SMILES string of the molecule is C[C@@H](O)/C=C/c1cccc(-c2ccc(F)cc2)c1. The first kappa shape index (κ1) is 12.5. The third kappa shape index (κ3) is 3.28. The first-order valence-corrected chi connectivity index (χ1v) is 5.87. The second-order valence-electron chi connectivity index (χ2n) is 4.23. The van der Waals surface area contributed by atoms with E-state index in [1.165, 1.54) is 12.1 Å². The Morgan fingerprint density at radius 2 is 1.78 bits per heavy atom. The Morgan fingerprint density at radius 3 is 2.44 bits per heavy atom. The van der Waals surface area contributed by atoms with Gasteiger partial charge in [0.1, 0.15) is 5.82 Å². The lowest BCUT2D eigenvalue weighted by molar-refractivity contribution is 0.245.